The zero-order valence-electron chi connectivity index (χ0n) is 18.0. The van der Waals surface area contributed by atoms with Crippen LogP contribution < -0.4 is 15.5 Å². The lowest BCUT2D eigenvalue weighted by Crippen LogP contribution is -2.52. The van der Waals surface area contributed by atoms with Crippen molar-refractivity contribution in [3.8, 4) is 0 Å². The fourth-order valence-electron chi connectivity index (χ4n) is 4.88. The number of imide groups is 1. The summed E-state index contributed by atoms with van der Waals surface area (Å²) in [6.07, 6.45) is 5.49. The van der Waals surface area contributed by atoms with Crippen molar-refractivity contribution in [2.45, 2.75) is 63.2 Å². The molecule has 3 aliphatic rings. The van der Waals surface area contributed by atoms with Crippen LogP contribution in [0, 0.1) is 0 Å². The van der Waals surface area contributed by atoms with E-state index in [-0.39, 0.29) is 30.6 Å². The Morgan fingerprint density at radius 3 is 2.58 bits per heavy atom. The Hall–Kier alpha value is -2.94. The molecule has 9 nitrogen and oxygen atoms in total. The fraction of sp³-hybridized carbons (Fsp3) is 0.545. The fourth-order valence-corrected chi connectivity index (χ4v) is 4.88. The first-order valence-corrected chi connectivity index (χ1v) is 10.7. The number of piperidine rings is 1. The monoisotopic (exact) mass is 430 g/mol. The Kier molecular flexibility index (Phi) is 7.27. The van der Waals surface area contributed by atoms with Gasteiger partial charge in [-0.1, -0.05) is 12.8 Å². The number of hydrogen-bond donors (Lipinski definition) is 3. The van der Waals surface area contributed by atoms with Gasteiger partial charge in [-0.15, -0.1) is 0 Å². The number of amides is 3. The molecular formula is C22H30N4O5. The van der Waals surface area contributed by atoms with Gasteiger partial charge in [0.2, 0.25) is 11.8 Å². The highest BCUT2D eigenvalue weighted by atomic mass is 16.3. The molecule has 1 aromatic carbocycles. The van der Waals surface area contributed by atoms with Crippen molar-refractivity contribution in [1.82, 2.24) is 15.5 Å². The number of anilines is 1. The molecule has 1 saturated carbocycles. The highest BCUT2D eigenvalue weighted by molar-refractivity contribution is 6.05. The van der Waals surface area contributed by atoms with Crippen LogP contribution >= 0.6 is 0 Å². The van der Waals surface area contributed by atoms with Crippen LogP contribution in [0.2, 0.25) is 0 Å². The van der Waals surface area contributed by atoms with Gasteiger partial charge in [0, 0.05) is 43.3 Å². The van der Waals surface area contributed by atoms with E-state index in [1.54, 1.807) is 4.90 Å². The Labute approximate surface area is 181 Å². The summed E-state index contributed by atoms with van der Waals surface area (Å²) in [5.74, 6) is -0.751. The zero-order chi connectivity index (χ0) is 22.5. The predicted molar refractivity (Wildman–Crippen MR) is 115 cm³/mol. The van der Waals surface area contributed by atoms with E-state index in [2.05, 4.69) is 28.6 Å². The number of carbonyl (C=O) groups excluding carboxylic acids is 3. The van der Waals surface area contributed by atoms with E-state index in [9.17, 15) is 14.4 Å². The van der Waals surface area contributed by atoms with Gasteiger partial charge in [-0.05, 0) is 50.1 Å². The summed E-state index contributed by atoms with van der Waals surface area (Å²) < 4.78 is 0. The summed E-state index contributed by atoms with van der Waals surface area (Å²) >= 11 is 0. The summed E-state index contributed by atoms with van der Waals surface area (Å²) in [4.78, 5) is 48.7. The van der Waals surface area contributed by atoms with Crippen LogP contribution in [0.4, 0.5) is 5.69 Å². The Morgan fingerprint density at radius 1 is 1.19 bits per heavy atom. The molecule has 3 atom stereocenters. The molecule has 3 amide bonds. The van der Waals surface area contributed by atoms with Crippen molar-refractivity contribution in [2.75, 3.05) is 19.0 Å². The number of benzene rings is 1. The summed E-state index contributed by atoms with van der Waals surface area (Å²) in [7, 11) is 4.15. The summed E-state index contributed by atoms with van der Waals surface area (Å²) in [5.41, 5.74) is 2.72. The number of carbonyl (C=O) groups is 4. The van der Waals surface area contributed by atoms with E-state index < -0.39 is 6.04 Å². The standard InChI is InChI=1S/C21H28N4O3.CH2O2/c1-22-16-5-3-4-6-17(16)24(2)14-7-8-15-13(11-14)12-25(21(15)28)18-9-10-19(26)23-20(18)27;2-1-3/h7-8,11,16-18,22H,3-6,9-10,12H2,1-2H3,(H,23,26,27);1H,(H,2,3)/t16-,17-,18?;/m1./s1. The van der Waals surface area contributed by atoms with Crippen LogP contribution in [0.5, 0.6) is 0 Å². The van der Waals surface area contributed by atoms with Gasteiger partial charge >= 0.3 is 0 Å². The molecule has 0 aromatic heterocycles. The number of fused-ring (bicyclic) bond motifs is 1. The molecule has 2 heterocycles. The predicted octanol–water partition coefficient (Wildman–Crippen LogP) is 1.12. The molecule has 1 aromatic rings. The van der Waals surface area contributed by atoms with Gasteiger partial charge in [0.05, 0.1) is 0 Å². The van der Waals surface area contributed by atoms with Crippen LogP contribution in [-0.4, -0.2) is 66.4 Å². The molecule has 3 N–H and O–H groups in total. The third kappa shape index (κ3) is 4.71. The van der Waals surface area contributed by atoms with Gasteiger partial charge in [0.25, 0.3) is 12.4 Å². The van der Waals surface area contributed by atoms with Crippen LogP contribution in [0.3, 0.4) is 0 Å². The lowest BCUT2D eigenvalue weighted by atomic mass is 9.89. The lowest BCUT2D eigenvalue weighted by Gasteiger charge is -2.39. The molecule has 1 saturated heterocycles. The van der Waals surface area contributed by atoms with Crippen LogP contribution in [0.15, 0.2) is 18.2 Å². The largest absolute Gasteiger partial charge is 0.483 e. The smallest absolute Gasteiger partial charge is 0.290 e. The number of nitrogens with one attached hydrogen (secondary N) is 2. The molecule has 2 aliphatic heterocycles. The second-order valence-corrected chi connectivity index (χ2v) is 8.20. The molecule has 0 bridgehead atoms. The van der Waals surface area contributed by atoms with Crippen molar-refractivity contribution < 1.29 is 24.3 Å². The first-order chi connectivity index (χ1) is 14.9. The zero-order valence-corrected chi connectivity index (χ0v) is 18.0. The van der Waals surface area contributed by atoms with E-state index >= 15 is 0 Å². The van der Waals surface area contributed by atoms with Gasteiger partial charge in [-0.25, -0.2) is 0 Å². The van der Waals surface area contributed by atoms with Crippen molar-refractivity contribution >= 4 is 29.9 Å². The minimum absolute atomic E-state index is 0.121. The van der Waals surface area contributed by atoms with Crippen molar-refractivity contribution in [2.24, 2.45) is 0 Å². The minimum Gasteiger partial charge on any atom is -0.483 e. The maximum Gasteiger partial charge on any atom is 0.290 e. The van der Waals surface area contributed by atoms with Gasteiger partial charge in [0.15, 0.2) is 0 Å². The highest BCUT2D eigenvalue weighted by Gasteiger charge is 2.39. The normalized spacial score (nSPS) is 25.3. The number of rotatable bonds is 4. The van der Waals surface area contributed by atoms with Crippen LogP contribution in [0.25, 0.3) is 0 Å². The molecule has 2 fully saturated rings. The molecule has 0 radical (unpaired) electrons. The SMILES string of the molecule is CN[C@@H]1CCCC[C@H]1N(C)c1ccc2c(c1)CN(C1CCC(=O)NC1=O)C2=O.O=CO. The molecule has 9 heteroatoms. The van der Waals surface area contributed by atoms with Gasteiger partial charge in [-0.2, -0.15) is 0 Å². The van der Waals surface area contributed by atoms with E-state index in [1.165, 1.54) is 19.3 Å². The van der Waals surface area contributed by atoms with Crippen molar-refractivity contribution in [3.05, 3.63) is 29.3 Å². The Morgan fingerprint density at radius 2 is 1.90 bits per heavy atom. The second kappa shape index (κ2) is 9.91. The van der Waals surface area contributed by atoms with E-state index in [0.29, 0.717) is 30.6 Å². The van der Waals surface area contributed by atoms with E-state index in [0.717, 1.165) is 17.7 Å². The molecule has 0 spiro atoms. The average molecular weight is 431 g/mol. The van der Waals surface area contributed by atoms with Crippen molar-refractivity contribution in [1.29, 1.82) is 0 Å². The van der Waals surface area contributed by atoms with Gasteiger partial charge < -0.3 is 20.2 Å². The van der Waals surface area contributed by atoms with Gasteiger partial charge in [-0.3, -0.25) is 24.5 Å². The molecule has 4 rings (SSSR count). The number of likely N-dealkylation sites (N-methyl/N-ethyl adjacent to an activating group) is 2. The Bertz CT molecular complexity index is 858. The topological polar surface area (TPSA) is 119 Å². The number of nitrogens with zero attached hydrogens (tertiary/aromatic N) is 2. The maximum atomic E-state index is 12.8. The summed E-state index contributed by atoms with van der Waals surface area (Å²) in [5, 5.41) is 12.7. The quantitative estimate of drug-likeness (QED) is 0.484. The van der Waals surface area contributed by atoms with Gasteiger partial charge in [0.1, 0.15) is 6.04 Å². The van der Waals surface area contributed by atoms with Crippen molar-refractivity contribution in [3.63, 3.8) is 0 Å². The second-order valence-electron chi connectivity index (χ2n) is 8.20. The molecule has 31 heavy (non-hydrogen) atoms. The lowest BCUT2D eigenvalue weighted by molar-refractivity contribution is -0.137. The first kappa shape index (κ1) is 22.7. The molecule has 168 valence electrons. The maximum absolute atomic E-state index is 12.8. The van der Waals surface area contributed by atoms with Crippen LogP contribution in [-0.2, 0) is 20.9 Å². The third-order valence-corrected chi connectivity index (χ3v) is 6.51. The molecule has 1 aliphatic carbocycles. The molecule has 1 unspecified atom stereocenters. The molecular weight excluding hydrogens is 400 g/mol. The number of carboxylic acid groups (broad SMARTS) is 1. The average Bonchev–Trinajstić information content (AvgIpc) is 3.09. The number of hydrogen-bond acceptors (Lipinski definition) is 6. The summed E-state index contributed by atoms with van der Waals surface area (Å²) in [6.45, 7) is 0.169. The third-order valence-electron chi connectivity index (χ3n) is 6.51. The Balaban J connectivity index is 0.000000858. The van der Waals surface area contributed by atoms with E-state index in [4.69, 9.17) is 9.90 Å². The highest BCUT2D eigenvalue weighted by Crippen LogP contribution is 2.32. The summed E-state index contributed by atoms with van der Waals surface area (Å²) in [6, 6.07) is 6.30. The first-order valence-electron chi connectivity index (χ1n) is 10.7. The van der Waals surface area contributed by atoms with E-state index in [1.807, 2.05) is 19.2 Å². The van der Waals surface area contributed by atoms with Crippen LogP contribution in [0.1, 0.15) is 54.4 Å². The minimum atomic E-state index is -0.564.